The highest BCUT2D eigenvalue weighted by Crippen LogP contribution is 2.38. The smallest absolute Gasteiger partial charge is 0.175 e. The lowest BCUT2D eigenvalue weighted by molar-refractivity contribution is 0.544. The fourth-order valence-corrected chi connectivity index (χ4v) is 3.79. The number of aryl methyl sites for hydroxylation is 1. The lowest BCUT2D eigenvalue weighted by Gasteiger charge is -2.33. The van der Waals surface area contributed by atoms with Crippen LogP contribution in [0.4, 0.5) is 0 Å². The van der Waals surface area contributed by atoms with E-state index in [1.807, 2.05) is 24.5 Å². The van der Waals surface area contributed by atoms with Crippen molar-refractivity contribution in [3.63, 3.8) is 0 Å². The molecule has 23 heavy (non-hydrogen) atoms. The number of pyridine rings is 1. The molecule has 0 saturated carbocycles. The molecule has 4 rings (SSSR count). The molecule has 0 aliphatic carbocycles. The number of amidine groups is 1. The molecule has 0 radical (unpaired) electrons. The number of hydrogen-bond acceptors (Lipinski definition) is 3. The number of hydrogen-bond donors (Lipinski definition) is 1. The zero-order valence-electron chi connectivity index (χ0n) is 13.0. The Morgan fingerprint density at radius 2 is 2.00 bits per heavy atom. The van der Waals surface area contributed by atoms with Crippen molar-refractivity contribution in [1.29, 1.82) is 0 Å². The molecule has 0 bridgehead atoms. The monoisotopic (exact) mass is 322 g/mol. The van der Waals surface area contributed by atoms with E-state index in [4.69, 9.17) is 17.2 Å². The lowest BCUT2D eigenvalue weighted by atomic mass is 9.82. The number of benzene rings is 1. The number of fused-ring (bicyclic) bond motifs is 1. The molecule has 1 unspecified atom stereocenters. The molecule has 116 valence electrons. The second-order valence-corrected chi connectivity index (χ2v) is 6.38. The highest BCUT2D eigenvalue weighted by atomic mass is 32.1. The van der Waals surface area contributed by atoms with Crippen molar-refractivity contribution < 1.29 is 0 Å². The topological polar surface area (TPSA) is 40.5 Å². The van der Waals surface area contributed by atoms with E-state index in [-0.39, 0.29) is 0 Å². The summed E-state index contributed by atoms with van der Waals surface area (Å²) in [6.45, 7) is 3.87. The van der Waals surface area contributed by atoms with Crippen LogP contribution in [-0.2, 0) is 5.54 Å². The molecule has 1 N–H and O–H groups in total. The minimum absolute atomic E-state index is 0.521. The lowest BCUT2D eigenvalue weighted by Crippen LogP contribution is -2.46. The minimum atomic E-state index is -0.521. The van der Waals surface area contributed by atoms with Gasteiger partial charge in [-0.25, -0.2) is 0 Å². The van der Waals surface area contributed by atoms with Crippen LogP contribution in [0.1, 0.15) is 23.1 Å². The Hall–Kier alpha value is -2.27. The van der Waals surface area contributed by atoms with E-state index in [2.05, 4.69) is 46.4 Å². The Bertz CT molecular complexity index is 787. The zero-order valence-corrected chi connectivity index (χ0v) is 13.8. The first-order valence-electron chi connectivity index (χ1n) is 7.84. The van der Waals surface area contributed by atoms with Gasteiger partial charge in [0.25, 0.3) is 0 Å². The third-order valence-electron chi connectivity index (χ3n) is 4.50. The van der Waals surface area contributed by atoms with Crippen LogP contribution in [0.15, 0.2) is 53.8 Å². The summed E-state index contributed by atoms with van der Waals surface area (Å²) in [5, 5.41) is 4.32. The average Bonchev–Trinajstić information content (AvgIpc) is 2.90. The van der Waals surface area contributed by atoms with Gasteiger partial charge in [0.15, 0.2) is 5.11 Å². The van der Waals surface area contributed by atoms with Crippen LogP contribution in [0.25, 0.3) is 0 Å². The highest BCUT2D eigenvalue weighted by Gasteiger charge is 2.50. The van der Waals surface area contributed by atoms with Crippen molar-refractivity contribution in [3.8, 4) is 0 Å². The van der Waals surface area contributed by atoms with Gasteiger partial charge in [-0.2, -0.15) is 0 Å². The second-order valence-electron chi connectivity index (χ2n) is 6.00. The number of thiocarbonyl (C=S) groups is 1. The van der Waals surface area contributed by atoms with Gasteiger partial charge in [-0.1, -0.05) is 29.8 Å². The van der Waals surface area contributed by atoms with Crippen LogP contribution in [-0.4, -0.2) is 33.9 Å². The first-order valence-corrected chi connectivity index (χ1v) is 8.25. The first kappa shape index (κ1) is 14.3. The standard InChI is InChI=1S/C18H18N4S/c1-13-4-2-5-15(12-13)18(14-6-9-19-10-7-14)16-20-8-3-11-22(16)17(23)21-18/h2,4-7,9-10,12H,3,8,11H2,1H3,(H,21,23). The number of aromatic nitrogens is 1. The second kappa shape index (κ2) is 5.42. The largest absolute Gasteiger partial charge is 0.342 e. The summed E-state index contributed by atoms with van der Waals surface area (Å²) in [5.74, 6) is 1.01. The third-order valence-corrected chi connectivity index (χ3v) is 4.82. The van der Waals surface area contributed by atoms with Crippen LogP contribution < -0.4 is 5.32 Å². The molecule has 5 heteroatoms. The Morgan fingerprint density at radius 3 is 2.78 bits per heavy atom. The van der Waals surface area contributed by atoms with E-state index in [0.29, 0.717) is 0 Å². The SMILES string of the molecule is Cc1cccc(C2(c3ccncc3)NC(=S)N3CCCN=C32)c1. The first-order chi connectivity index (χ1) is 11.2. The van der Waals surface area contributed by atoms with Gasteiger partial charge < -0.3 is 10.2 Å². The van der Waals surface area contributed by atoms with Gasteiger partial charge in [-0.05, 0) is 48.8 Å². The van der Waals surface area contributed by atoms with E-state index in [0.717, 1.165) is 41.6 Å². The van der Waals surface area contributed by atoms with Crippen LogP contribution in [0.2, 0.25) is 0 Å². The van der Waals surface area contributed by atoms with Crippen LogP contribution in [0.5, 0.6) is 0 Å². The van der Waals surface area contributed by atoms with Crippen molar-refractivity contribution in [1.82, 2.24) is 15.2 Å². The molecule has 4 nitrogen and oxygen atoms in total. The summed E-state index contributed by atoms with van der Waals surface area (Å²) in [6.07, 6.45) is 4.68. The van der Waals surface area contributed by atoms with Gasteiger partial charge in [-0.15, -0.1) is 0 Å². The minimum Gasteiger partial charge on any atom is -0.342 e. The predicted octanol–water partition coefficient (Wildman–Crippen LogP) is 2.63. The van der Waals surface area contributed by atoms with Crippen LogP contribution >= 0.6 is 12.2 Å². The number of aliphatic imine (C=N–C) groups is 1. The van der Waals surface area contributed by atoms with Gasteiger partial charge in [0, 0.05) is 25.5 Å². The Morgan fingerprint density at radius 1 is 1.17 bits per heavy atom. The van der Waals surface area contributed by atoms with Crippen molar-refractivity contribution in [2.24, 2.45) is 4.99 Å². The Labute approximate surface area is 141 Å². The van der Waals surface area contributed by atoms with Gasteiger partial charge in [-0.3, -0.25) is 9.98 Å². The van der Waals surface area contributed by atoms with E-state index < -0.39 is 5.54 Å². The summed E-state index contributed by atoms with van der Waals surface area (Å²) in [5.41, 5.74) is 2.98. The fraction of sp³-hybridized carbons (Fsp3) is 0.278. The maximum atomic E-state index is 5.62. The maximum absolute atomic E-state index is 5.62. The zero-order chi connectivity index (χ0) is 15.9. The number of nitrogens with zero attached hydrogens (tertiary/aromatic N) is 3. The van der Waals surface area contributed by atoms with Crippen molar-refractivity contribution in [2.45, 2.75) is 18.9 Å². The maximum Gasteiger partial charge on any atom is 0.175 e. The Kier molecular flexibility index (Phi) is 3.38. The summed E-state index contributed by atoms with van der Waals surface area (Å²) in [4.78, 5) is 11.2. The molecular formula is C18H18N4S. The van der Waals surface area contributed by atoms with E-state index >= 15 is 0 Å². The van der Waals surface area contributed by atoms with Crippen LogP contribution in [0, 0.1) is 6.92 Å². The van der Waals surface area contributed by atoms with E-state index in [1.54, 1.807) is 0 Å². The van der Waals surface area contributed by atoms with Crippen LogP contribution in [0.3, 0.4) is 0 Å². The summed E-state index contributed by atoms with van der Waals surface area (Å²) in [6, 6.07) is 12.6. The van der Waals surface area contributed by atoms with Crippen molar-refractivity contribution in [2.75, 3.05) is 13.1 Å². The fourth-order valence-electron chi connectivity index (χ4n) is 3.46. The number of rotatable bonds is 2. The van der Waals surface area contributed by atoms with Gasteiger partial charge in [0.05, 0.1) is 0 Å². The molecule has 1 fully saturated rings. The molecule has 2 aliphatic rings. The van der Waals surface area contributed by atoms with Crippen molar-refractivity contribution >= 4 is 23.2 Å². The summed E-state index contributed by atoms with van der Waals surface area (Å²) in [7, 11) is 0. The molecule has 2 aromatic rings. The Balaban J connectivity index is 1.99. The molecule has 0 amide bonds. The number of nitrogens with one attached hydrogen (secondary N) is 1. The van der Waals surface area contributed by atoms with E-state index in [9.17, 15) is 0 Å². The molecule has 0 spiro atoms. The molecule has 1 aromatic heterocycles. The molecule has 3 heterocycles. The summed E-state index contributed by atoms with van der Waals surface area (Å²) < 4.78 is 0. The molecule has 1 saturated heterocycles. The normalized spacial score (nSPS) is 23.3. The quantitative estimate of drug-likeness (QED) is 0.863. The summed E-state index contributed by atoms with van der Waals surface area (Å²) >= 11 is 5.62. The molecule has 1 atom stereocenters. The highest BCUT2D eigenvalue weighted by molar-refractivity contribution is 7.80. The predicted molar refractivity (Wildman–Crippen MR) is 95.6 cm³/mol. The molecular weight excluding hydrogens is 304 g/mol. The van der Waals surface area contributed by atoms with Gasteiger partial charge in [0.2, 0.25) is 0 Å². The molecule has 2 aliphatic heterocycles. The molecule has 1 aromatic carbocycles. The average molecular weight is 322 g/mol. The van der Waals surface area contributed by atoms with E-state index in [1.165, 1.54) is 5.56 Å². The van der Waals surface area contributed by atoms with Gasteiger partial charge >= 0.3 is 0 Å². The van der Waals surface area contributed by atoms with Crippen molar-refractivity contribution in [3.05, 3.63) is 65.5 Å². The third kappa shape index (κ3) is 2.15. The van der Waals surface area contributed by atoms with Gasteiger partial charge in [0.1, 0.15) is 11.4 Å².